The van der Waals surface area contributed by atoms with Crippen LogP contribution in [0.2, 0.25) is 0 Å². The van der Waals surface area contributed by atoms with Crippen LogP contribution in [0.5, 0.6) is 5.88 Å². The van der Waals surface area contributed by atoms with Crippen molar-refractivity contribution in [1.29, 1.82) is 0 Å². The van der Waals surface area contributed by atoms with E-state index in [4.69, 9.17) is 11.8 Å². The number of nitrogens with two attached hydrogens (primary N) is 1. The summed E-state index contributed by atoms with van der Waals surface area (Å²) in [7, 11) is -0.191. The van der Waals surface area contributed by atoms with Crippen LogP contribution >= 0.6 is 11.8 Å². The zero-order valence-electron chi connectivity index (χ0n) is 7.73. The zero-order valence-corrected chi connectivity index (χ0v) is 7.54. The number of ether oxygens (including phenoxy) is 1. The van der Waals surface area contributed by atoms with Gasteiger partial charge in [0.25, 0.3) is 0 Å². The SMILES string of the molecule is [2H]COc1ncnc2c1N=C(N)CS2. The normalized spacial score (nSPS) is 15.7. The highest BCUT2D eigenvalue weighted by atomic mass is 32.2. The van der Waals surface area contributed by atoms with Crippen LogP contribution < -0.4 is 10.5 Å². The Morgan fingerprint density at radius 1 is 1.69 bits per heavy atom. The molecular weight excluding hydrogens is 188 g/mol. The first-order valence-corrected chi connectivity index (χ1v) is 4.52. The molecule has 0 aromatic carbocycles. The van der Waals surface area contributed by atoms with Crippen molar-refractivity contribution in [3.63, 3.8) is 0 Å². The predicted molar refractivity (Wildman–Crippen MR) is 50.6 cm³/mol. The molecular formula is C7H8N4OS. The van der Waals surface area contributed by atoms with Crippen LogP contribution in [0.15, 0.2) is 16.3 Å². The van der Waals surface area contributed by atoms with Crippen LogP contribution in [0.25, 0.3) is 0 Å². The zero-order chi connectivity index (χ0) is 9.97. The fraction of sp³-hybridized carbons (Fsp3) is 0.286. The predicted octanol–water partition coefficient (Wildman–Crippen LogP) is 0.580. The molecule has 2 N–H and O–H groups in total. The van der Waals surface area contributed by atoms with E-state index < -0.39 is 0 Å². The largest absolute Gasteiger partial charge is 0.479 e. The fourth-order valence-electron chi connectivity index (χ4n) is 0.973. The number of aliphatic imine (C=N–C) groups is 1. The minimum absolute atomic E-state index is 0.191. The van der Waals surface area contributed by atoms with Crippen molar-refractivity contribution in [1.82, 2.24) is 9.97 Å². The van der Waals surface area contributed by atoms with Gasteiger partial charge in [0.1, 0.15) is 17.2 Å². The van der Waals surface area contributed by atoms with Crippen molar-refractivity contribution in [3.05, 3.63) is 6.33 Å². The number of hydrogen-bond donors (Lipinski definition) is 1. The number of nitrogens with zero attached hydrogens (tertiary/aromatic N) is 3. The number of amidine groups is 1. The van der Waals surface area contributed by atoms with Crippen LogP contribution in [0.1, 0.15) is 1.37 Å². The number of fused-ring (bicyclic) bond motifs is 1. The van der Waals surface area contributed by atoms with E-state index in [-0.39, 0.29) is 7.09 Å². The molecule has 0 unspecified atom stereocenters. The molecule has 1 aliphatic rings. The van der Waals surface area contributed by atoms with E-state index in [0.29, 0.717) is 23.2 Å². The Balaban J connectivity index is 2.45. The minimum atomic E-state index is -0.191. The third-order valence-corrected chi connectivity index (χ3v) is 2.52. The highest BCUT2D eigenvalue weighted by molar-refractivity contribution is 8.00. The molecule has 6 heteroatoms. The number of aromatic nitrogens is 2. The van der Waals surface area contributed by atoms with Crippen LogP contribution in [-0.2, 0) is 0 Å². The summed E-state index contributed by atoms with van der Waals surface area (Å²) in [6.07, 6.45) is 1.40. The second-order valence-corrected chi connectivity index (χ2v) is 3.33. The van der Waals surface area contributed by atoms with E-state index in [1.54, 1.807) is 0 Å². The van der Waals surface area contributed by atoms with E-state index >= 15 is 0 Å². The molecule has 5 nitrogen and oxygen atoms in total. The van der Waals surface area contributed by atoms with Gasteiger partial charge in [-0.1, -0.05) is 11.8 Å². The lowest BCUT2D eigenvalue weighted by Gasteiger charge is -2.12. The average Bonchev–Trinajstić information content (AvgIpc) is 2.19. The molecule has 1 aromatic rings. The monoisotopic (exact) mass is 197 g/mol. The Morgan fingerprint density at radius 2 is 2.62 bits per heavy atom. The van der Waals surface area contributed by atoms with Crippen LogP contribution in [-0.4, -0.2) is 28.6 Å². The van der Waals surface area contributed by atoms with Crippen molar-refractivity contribution >= 4 is 23.3 Å². The fourth-order valence-corrected chi connectivity index (χ4v) is 1.71. The van der Waals surface area contributed by atoms with Gasteiger partial charge in [0.15, 0.2) is 5.69 Å². The molecule has 0 atom stereocenters. The Morgan fingerprint density at radius 3 is 3.46 bits per heavy atom. The molecule has 1 aliphatic heterocycles. The quantitative estimate of drug-likeness (QED) is 0.666. The summed E-state index contributed by atoms with van der Waals surface area (Å²) in [6, 6.07) is 0. The van der Waals surface area contributed by atoms with Crippen LogP contribution in [0, 0.1) is 0 Å². The molecule has 0 amide bonds. The number of thioether (sulfide) groups is 1. The second kappa shape index (κ2) is 3.21. The topological polar surface area (TPSA) is 73.4 Å². The van der Waals surface area contributed by atoms with E-state index in [2.05, 4.69) is 15.0 Å². The second-order valence-electron chi connectivity index (χ2n) is 2.37. The van der Waals surface area contributed by atoms with E-state index in [9.17, 15) is 0 Å². The van der Waals surface area contributed by atoms with Crippen molar-refractivity contribution in [2.45, 2.75) is 5.03 Å². The van der Waals surface area contributed by atoms with Gasteiger partial charge in [-0.2, -0.15) is 4.98 Å². The lowest BCUT2D eigenvalue weighted by molar-refractivity contribution is 0.396. The molecule has 0 saturated carbocycles. The molecule has 0 bridgehead atoms. The Labute approximate surface area is 80.8 Å². The Hall–Kier alpha value is -1.30. The molecule has 68 valence electrons. The number of methoxy groups -OCH3 is 1. The summed E-state index contributed by atoms with van der Waals surface area (Å²) in [5, 5.41) is 0.748. The van der Waals surface area contributed by atoms with Crippen molar-refractivity contribution in [2.24, 2.45) is 10.7 Å². The first-order valence-electron chi connectivity index (χ1n) is 4.25. The van der Waals surface area contributed by atoms with Gasteiger partial charge in [-0.25, -0.2) is 9.98 Å². The van der Waals surface area contributed by atoms with Gasteiger partial charge in [0.2, 0.25) is 5.88 Å². The third kappa shape index (κ3) is 1.44. The van der Waals surface area contributed by atoms with Gasteiger partial charge in [-0.3, -0.25) is 0 Å². The molecule has 0 fully saturated rings. The minimum Gasteiger partial charge on any atom is -0.479 e. The summed E-state index contributed by atoms with van der Waals surface area (Å²) in [4.78, 5) is 12.0. The lowest BCUT2D eigenvalue weighted by atomic mass is 10.5. The highest BCUT2D eigenvalue weighted by Gasteiger charge is 2.16. The smallest absolute Gasteiger partial charge is 0.244 e. The summed E-state index contributed by atoms with van der Waals surface area (Å²) in [5.74, 6) is 1.47. The summed E-state index contributed by atoms with van der Waals surface area (Å²) >= 11 is 1.49. The first-order chi connectivity index (χ1) is 6.81. The number of rotatable bonds is 1. The molecule has 2 heterocycles. The van der Waals surface area contributed by atoms with E-state index in [1.165, 1.54) is 18.1 Å². The molecule has 0 saturated heterocycles. The molecule has 0 aliphatic carbocycles. The summed E-state index contributed by atoms with van der Waals surface area (Å²) < 4.78 is 11.9. The van der Waals surface area contributed by atoms with Crippen LogP contribution in [0.4, 0.5) is 5.69 Å². The van der Waals surface area contributed by atoms with Gasteiger partial charge < -0.3 is 10.5 Å². The molecule has 0 radical (unpaired) electrons. The van der Waals surface area contributed by atoms with Gasteiger partial charge in [-0.05, 0) is 0 Å². The highest BCUT2D eigenvalue weighted by Crippen LogP contribution is 2.36. The van der Waals surface area contributed by atoms with Gasteiger partial charge in [0.05, 0.1) is 14.2 Å². The van der Waals surface area contributed by atoms with E-state index in [1.807, 2.05) is 0 Å². The molecule has 1 aromatic heterocycles. The Bertz CT molecular complexity index is 384. The maximum Gasteiger partial charge on any atom is 0.244 e. The average molecular weight is 197 g/mol. The van der Waals surface area contributed by atoms with Crippen LogP contribution in [0.3, 0.4) is 0 Å². The molecule has 0 spiro atoms. The summed E-state index contributed by atoms with van der Waals surface area (Å²) in [5.41, 5.74) is 6.12. The third-order valence-electron chi connectivity index (χ3n) is 1.50. The van der Waals surface area contributed by atoms with Crippen molar-refractivity contribution in [2.75, 3.05) is 12.8 Å². The standard InChI is InChI=1S/C7H8N4OS/c1-12-6-5-7(10-3-9-6)13-2-4(8)11-5/h3H,2H2,1H3,(H2,8,11)/i1D. The van der Waals surface area contributed by atoms with E-state index in [0.717, 1.165) is 5.03 Å². The van der Waals surface area contributed by atoms with Crippen molar-refractivity contribution in [3.8, 4) is 5.88 Å². The van der Waals surface area contributed by atoms with Gasteiger partial charge in [0, 0.05) is 0 Å². The lowest BCUT2D eigenvalue weighted by Crippen LogP contribution is -2.17. The van der Waals surface area contributed by atoms with Gasteiger partial charge >= 0.3 is 0 Å². The maximum absolute atomic E-state index is 6.94. The summed E-state index contributed by atoms with van der Waals surface area (Å²) in [6.45, 7) is 0. The molecule has 2 rings (SSSR count). The molecule has 13 heavy (non-hydrogen) atoms. The van der Waals surface area contributed by atoms with Crippen molar-refractivity contribution < 1.29 is 6.11 Å². The maximum atomic E-state index is 6.94. The Kier molecular flexibility index (Phi) is 1.76. The van der Waals surface area contributed by atoms with Gasteiger partial charge in [-0.15, -0.1) is 0 Å². The first kappa shape index (κ1) is 7.14. The number of hydrogen-bond acceptors (Lipinski definition) is 6.